The molecule has 5 nitrogen and oxygen atoms in total. The van der Waals surface area contributed by atoms with E-state index >= 15 is 0 Å². The van der Waals surface area contributed by atoms with Gasteiger partial charge in [0.15, 0.2) is 0 Å². The highest BCUT2D eigenvalue weighted by Crippen LogP contribution is 2.12. The maximum atomic E-state index is 12.2. The number of hydrogen-bond donors (Lipinski definition) is 1. The molecular weight excluding hydrogens is 250 g/mol. The zero-order valence-electron chi connectivity index (χ0n) is 10.5. The Balaban J connectivity index is 2.00. The lowest BCUT2D eigenvalue weighted by Gasteiger charge is -2.33. The maximum Gasteiger partial charge on any atom is 0.218 e. The molecule has 1 aliphatic rings. The van der Waals surface area contributed by atoms with Gasteiger partial charge in [0.25, 0.3) is 0 Å². The summed E-state index contributed by atoms with van der Waals surface area (Å²) in [7, 11) is -1.33. The first-order chi connectivity index (χ1) is 8.62. The minimum absolute atomic E-state index is 0.0907. The zero-order valence-corrected chi connectivity index (χ0v) is 11.4. The number of piperazine rings is 1. The number of hydrogen-bond acceptors (Lipinski definition) is 4. The summed E-state index contributed by atoms with van der Waals surface area (Å²) in [5.74, 6) is 0.0907. The first kappa shape index (κ1) is 13.5. The summed E-state index contributed by atoms with van der Waals surface area (Å²) in [5, 5.41) is 2.02. The molecule has 1 aromatic rings. The third kappa shape index (κ3) is 3.29. The van der Waals surface area contributed by atoms with E-state index in [0.717, 1.165) is 18.7 Å². The van der Waals surface area contributed by atoms with Crippen LogP contribution in [0.5, 0.6) is 0 Å². The van der Waals surface area contributed by atoms with Gasteiger partial charge in [-0.1, -0.05) is 30.3 Å². The lowest BCUT2D eigenvalue weighted by atomic mass is 10.2. The van der Waals surface area contributed by atoms with Crippen LogP contribution in [0.4, 0.5) is 0 Å². The van der Waals surface area contributed by atoms with Gasteiger partial charge in [0.05, 0.1) is 5.75 Å². The van der Waals surface area contributed by atoms with Crippen molar-refractivity contribution in [3.05, 3.63) is 35.9 Å². The van der Waals surface area contributed by atoms with E-state index in [-0.39, 0.29) is 5.75 Å². The molecule has 2 rings (SSSR count). The van der Waals surface area contributed by atoms with Crippen LogP contribution in [-0.2, 0) is 15.8 Å². The van der Waals surface area contributed by atoms with Crippen LogP contribution in [-0.4, -0.2) is 51.0 Å². The van der Waals surface area contributed by atoms with Crippen molar-refractivity contribution in [3.8, 4) is 0 Å². The standard InChI is InChI=1S/C12H19N3O2S/c1-13-14-7-9-15(10-8-14)18(16,17)11-12-5-3-2-4-6-12/h2-6,13H,7-11H2,1H3. The largest absolute Gasteiger partial charge is 0.258 e. The van der Waals surface area contributed by atoms with Crippen molar-refractivity contribution in [3.63, 3.8) is 0 Å². The van der Waals surface area contributed by atoms with E-state index in [0.29, 0.717) is 13.1 Å². The fraction of sp³-hybridized carbons (Fsp3) is 0.500. The average Bonchev–Trinajstić information content (AvgIpc) is 2.39. The molecule has 100 valence electrons. The van der Waals surface area contributed by atoms with E-state index in [1.54, 1.807) is 4.31 Å². The summed E-state index contributed by atoms with van der Waals surface area (Å²) in [4.78, 5) is 0. The number of hydrazine groups is 1. The van der Waals surface area contributed by atoms with Crippen molar-refractivity contribution in [1.29, 1.82) is 0 Å². The number of sulfonamides is 1. The van der Waals surface area contributed by atoms with Gasteiger partial charge in [-0.3, -0.25) is 5.43 Å². The highest BCUT2D eigenvalue weighted by Gasteiger charge is 2.26. The van der Waals surface area contributed by atoms with Gasteiger partial charge in [-0.05, 0) is 12.6 Å². The van der Waals surface area contributed by atoms with Crippen LogP contribution in [0, 0.1) is 0 Å². The van der Waals surface area contributed by atoms with Crippen LogP contribution >= 0.6 is 0 Å². The van der Waals surface area contributed by atoms with Crippen molar-refractivity contribution < 1.29 is 8.42 Å². The zero-order chi connectivity index (χ0) is 13.0. The number of nitrogens with one attached hydrogen (secondary N) is 1. The van der Waals surface area contributed by atoms with E-state index in [1.807, 2.05) is 42.4 Å². The molecular formula is C12H19N3O2S. The van der Waals surface area contributed by atoms with Crippen LogP contribution in [0.2, 0.25) is 0 Å². The van der Waals surface area contributed by atoms with Gasteiger partial charge in [-0.2, -0.15) is 4.31 Å². The summed E-state index contributed by atoms with van der Waals surface area (Å²) >= 11 is 0. The second-order valence-corrected chi connectivity index (χ2v) is 6.32. The lowest BCUT2D eigenvalue weighted by Crippen LogP contribution is -2.52. The van der Waals surface area contributed by atoms with Crippen molar-refractivity contribution in [2.24, 2.45) is 0 Å². The van der Waals surface area contributed by atoms with E-state index in [1.165, 1.54) is 0 Å². The van der Waals surface area contributed by atoms with Crippen LogP contribution in [0.1, 0.15) is 5.56 Å². The molecule has 1 N–H and O–H groups in total. The van der Waals surface area contributed by atoms with E-state index < -0.39 is 10.0 Å². The summed E-state index contributed by atoms with van der Waals surface area (Å²) in [5.41, 5.74) is 3.88. The Labute approximate surface area is 108 Å². The van der Waals surface area contributed by atoms with Crippen LogP contribution < -0.4 is 5.43 Å². The summed E-state index contributed by atoms with van der Waals surface area (Å²) in [6.07, 6.45) is 0. The van der Waals surface area contributed by atoms with Gasteiger partial charge >= 0.3 is 0 Å². The Morgan fingerprint density at radius 2 is 1.72 bits per heavy atom. The molecule has 0 aromatic heterocycles. The molecule has 1 aliphatic heterocycles. The van der Waals surface area contributed by atoms with E-state index in [2.05, 4.69) is 5.43 Å². The highest BCUT2D eigenvalue weighted by atomic mass is 32.2. The topological polar surface area (TPSA) is 52.6 Å². The van der Waals surface area contributed by atoms with Crippen molar-refractivity contribution in [1.82, 2.24) is 14.7 Å². The third-order valence-electron chi connectivity index (χ3n) is 3.14. The normalized spacial score (nSPS) is 18.9. The molecule has 0 amide bonds. The molecule has 0 saturated carbocycles. The van der Waals surface area contributed by atoms with E-state index in [4.69, 9.17) is 0 Å². The lowest BCUT2D eigenvalue weighted by molar-refractivity contribution is 0.142. The van der Waals surface area contributed by atoms with Crippen LogP contribution in [0.15, 0.2) is 30.3 Å². The Hall–Kier alpha value is -0.950. The molecule has 0 aliphatic carbocycles. The fourth-order valence-corrected chi connectivity index (χ4v) is 3.58. The Morgan fingerprint density at radius 3 is 2.28 bits per heavy atom. The van der Waals surface area contributed by atoms with E-state index in [9.17, 15) is 8.42 Å². The Kier molecular flexibility index (Phi) is 4.34. The molecule has 1 saturated heterocycles. The quantitative estimate of drug-likeness (QED) is 0.852. The minimum Gasteiger partial charge on any atom is -0.258 e. The SMILES string of the molecule is CNN1CCN(S(=O)(=O)Cc2ccccc2)CC1. The van der Waals surface area contributed by atoms with Gasteiger partial charge in [-0.25, -0.2) is 13.4 Å². The maximum absolute atomic E-state index is 12.2. The molecule has 18 heavy (non-hydrogen) atoms. The second-order valence-electron chi connectivity index (χ2n) is 4.35. The van der Waals surface area contributed by atoms with Crippen LogP contribution in [0.3, 0.4) is 0 Å². The third-order valence-corrected chi connectivity index (χ3v) is 4.99. The molecule has 6 heteroatoms. The molecule has 1 aromatic carbocycles. The summed E-state index contributed by atoms with van der Waals surface area (Å²) < 4.78 is 26.1. The van der Waals surface area contributed by atoms with Crippen molar-refractivity contribution in [2.75, 3.05) is 33.2 Å². The van der Waals surface area contributed by atoms with Gasteiger partial charge in [0, 0.05) is 26.2 Å². The molecule has 1 fully saturated rings. The molecule has 0 bridgehead atoms. The predicted molar refractivity (Wildman–Crippen MR) is 71.3 cm³/mol. The van der Waals surface area contributed by atoms with Gasteiger partial charge in [0.1, 0.15) is 0 Å². The number of benzene rings is 1. The average molecular weight is 269 g/mol. The number of rotatable bonds is 4. The highest BCUT2D eigenvalue weighted by molar-refractivity contribution is 7.88. The Morgan fingerprint density at radius 1 is 1.11 bits per heavy atom. The summed E-state index contributed by atoms with van der Waals surface area (Å²) in [6, 6.07) is 9.32. The first-order valence-electron chi connectivity index (χ1n) is 6.06. The smallest absolute Gasteiger partial charge is 0.218 e. The second kappa shape index (κ2) is 5.79. The first-order valence-corrected chi connectivity index (χ1v) is 7.67. The molecule has 0 spiro atoms. The molecule has 0 unspecified atom stereocenters. The number of nitrogens with zero attached hydrogens (tertiary/aromatic N) is 2. The molecule has 0 radical (unpaired) electrons. The van der Waals surface area contributed by atoms with Crippen molar-refractivity contribution >= 4 is 10.0 Å². The van der Waals surface area contributed by atoms with Crippen molar-refractivity contribution in [2.45, 2.75) is 5.75 Å². The van der Waals surface area contributed by atoms with Gasteiger partial charge in [-0.15, -0.1) is 0 Å². The predicted octanol–water partition coefficient (Wildman–Crippen LogP) is 0.268. The molecule has 1 heterocycles. The monoisotopic (exact) mass is 269 g/mol. The Bertz CT molecular complexity index is 467. The van der Waals surface area contributed by atoms with Gasteiger partial charge in [0.2, 0.25) is 10.0 Å². The van der Waals surface area contributed by atoms with Crippen LogP contribution in [0.25, 0.3) is 0 Å². The minimum atomic E-state index is -3.19. The molecule has 0 atom stereocenters. The fourth-order valence-electron chi connectivity index (χ4n) is 2.07. The van der Waals surface area contributed by atoms with Gasteiger partial charge < -0.3 is 0 Å². The summed E-state index contributed by atoms with van der Waals surface area (Å²) in [6.45, 7) is 2.56.